The van der Waals surface area contributed by atoms with Gasteiger partial charge in [0.15, 0.2) is 5.96 Å². The van der Waals surface area contributed by atoms with E-state index >= 15 is 0 Å². The van der Waals surface area contributed by atoms with Crippen LogP contribution in [0.25, 0.3) is 17.2 Å². The molecule has 0 aliphatic carbocycles. The normalized spacial score (nSPS) is 21.1. The highest BCUT2D eigenvalue weighted by Crippen LogP contribution is 2.44. The number of hydrogen-bond acceptors (Lipinski definition) is 6. The number of rotatable bonds is 5. The van der Waals surface area contributed by atoms with Crippen LogP contribution in [0.4, 0.5) is 0 Å². The third kappa shape index (κ3) is 3.95. The van der Waals surface area contributed by atoms with Crippen LogP contribution in [0, 0.1) is 17.2 Å². The van der Waals surface area contributed by atoms with Crippen molar-refractivity contribution in [1.29, 1.82) is 5.26 Å². The molecule has 0 spiro atoms. The number of nitrogens with two attached hydrogens (primary N) is 1. The molecule has 2 aromatic heterocycles. The molecule has 0 fully saturated rings. The zero-order valence-electron chi connectivity index (χ0n) is 18.2. The molecular formula is C24H24N6OS. The molecule has 1 amide bonds. The van der Waals surface area contributed by atoms with E-state index in [1.54, 1.807) is 35.3 Å². The summed E-state index contributed by atoms with van der Waals surface area (Å²) >= 11 is 1.55. The molecule has 2 atom stereocenters. The molecule has 1 aliphatic heterocycles. The lowest BCUT2D eigenvalue weighted by Crippen LogP contribution is -2.53. The van der Waals surface area contributed by atoms with Crippen LogP contribution in [-0.4, -0.2) is 33.6 Å². The van der Waals surface area contributed by atoms with Crippen LogP contribution in [0.2, 0.25) is 0 Å². The Kier molecular flexibility index (Phi) is 5.68. The van der Waals surface area contributed by atoms with Crippen LogP contribution in [0.15, 0.2) is 59.2 Å². The Bertz CT molecular complexity index is 1260. The highest BCUT2D eigenvalue weighted by atomic mass is 32.1. The van der Waals surface area contributed by atoms with Crippen molar-refractivity contribution in [2.24, 2.45) is 23.7 Å². The second kappa shape index (κ2) is 8.44. The van der Waals surface area contributed by atoms with Crippen molar-refractivity contribution in [3.8, 4) is 17.2 Å². The lowest BCUT2D eigenvalue weighted by atomic mass is 9.79. The number of aliphatic imine (C=N–C) groups is 1. The van der Waals surface area contributed by atoms with Gasteiger partial charge < -0.3 is 5.73 Å². The molecule has 1 aromatic carbocycles. The molecule has 3 aromatic rings. The van der Waals surface area contributed by atoms with Gasteiger partial charge in [0, 0.05) is 30.7 Å². The fourth-order valence-corrected chi connectivity index (χ4v) is 5.00. The maximum atomic E-state index is 13.2. The second-order valence-electron chi connectivity index (χ2n) is 8.05. The van der Waals surface area contributed by atoms with Crippen LogP contribution in [-0.2, 0) is 17.4 Å². The summed E-state index contributed by atoms with van der Waals surface area (Å²) in [6, 6.07) is 11.7. The minimum Gasteiger partial charge on any atom is -0.369 e. The number of thiophene rings is 1. The van der Waals surface area contributed by atoms with Crippen molar-refractivity contribution >= 4 is 29.3 Å². The van der Waals surface area contributed by atoms with Gasteiger partial charge >= 0.3 is 0 Å². The smallest absolute Gasteiger partial charge is 0.235 e. The van der Waals surface area contributed by atoms with E-state index in [0.29, 0.717) is 12.0 Å². The largest absolute Gasteiger partial charge is 0.369 e. The summed E-state index contributed by atoms with van der Waals surface area (Å²) in [4.78, 5) is 20.4. The fourth-order valence-electron chi connectivity index (χ4n) is 3.92. The van der Waals surface area contributed by atoms with Gasteiger partial charge in [-0.3, -0.25) is 14.4 Å². The lowest BCUT2D eigenvalue weighted by Gasteiger charge is -2.39. The highest BCUT2D eigenvalue weighted by molar-refractivity contribution is 7.10. The van der Waals surface area contributed by atoms with E-state index in [-0.39, 0.29) is 11.9 Å². The number of aromatic nitrogens is 2. The molecule has 0 saturated carbocycles. The molecule has 0 radical (unpaired) electrons. The number of benzene rings is 1. The van der Waals surface area contributed by atoms with Crippen LogP contribution >= 0.6 is 11.3 Å². The van der Waals surface area contributed by atoms with Crippen molar-refractivity contribution in [3.05, 3.63) is 70.2 Å². The maximum Gasteiger partial charge on any atom is 0.235 e. The van der Waals surface area contributed by atoms with Crippen molar-refractivity contribution in [2.75, 3.05) is 7.05 Å². The van der Waals surface area contributed by atoms with Crippen molar-refractivity contribution in [2.45, 2.75) is 18.9 Å². The number of guanidine groups is 1. The summed E-state index contributed by atoms with van der Waals surface area (Å²) in [5.74, 6) is -0.242. The second-order valence-corrected chi connectivity index (χ2v) is 8.96. The van der Waals surface area contributed by atoms with E-state index in [1.807, 2.05) is 62.0 Å². The Balaban J connectivity index is 1.68. The number of nitrogens with zero attached hydrogens (tertiary/aromatic N) is 5. The quantitative estimate of drug-likeness (QED) is 0.648. The van der Waals surface area contributed by atoms with Gasteiger partial charge in [-0.05, 0) is 48.1 Å². The molecule has 0 bridgehead atoms. The minimum atomic E-state index is -0.789. The molecule has 2 N–H and O–H groups in total. The Morgan fingerprint density at radius 1 is 1.31 bits per heavy atom. The number of carbonyl (C=O) groups excluding carboxylic acids is 1. The van der Waals surface area contributed by atoms with Crippen molar-refractivity contribution in [3.63, 3.8) is 0 Å². The third-order valence-corrected chi connectivity index (χ3v) is 6.98. The summed E-state index contributed by atoms with van der Waals surface area (Å²) in [6.45, 7) is 1.97. The Morgan fingerprint density at radius 2 is 2.12 bits per heavy atom. The Morgan fingerprint density at radius 3 is 2.84 bits per heavy atom. The van der Waals surface area contributed by atoms with Crippen LogP contribution < -0.4 is 5.73 Å². The van der Waals surface area contributed by atoms with Gasteiger partial charge in [0.05, 0.1) is 23.7 Å². The maximum absolute atomic E-state index is 13.2. The first-order valence-corrected chi connectivity index (χ1v) is 11.1. The minimum absolute atomic E-state index is 0.0581. The van der Waals surface area contributed by atoms with Crippen molar-refractivity contribution in [1.82, 2.24) is 14.7 Å². The van der Waals surface area contributed by atoms with Gasteiger partial charge in [0.25, 0.3) is 0 Å². The molecule has 32 heavy (non-hydrogen) atoms. The first-order chi connectivity index (χ1) is 15.3. The first kappa shape index (κ1) is 21.5. The van der Waals surface area contributed by atoms with Gasteiger partial charge in [-0.2, -0.15) is 10.4 Å². The summed E-state index contributed by atoms with van der Waals surface area (Å²) in [7, 11) is 3.53. The Labute approximate surface area is 191 Å². The molecule has 162 valence electrons. The first-order valence-electron chi connectivity index (χ1n) is 10.2. The number of carbonyl (C=O) groups is 1. The monoisotopic (exact) mass is 444 g/mol. The average Bonchev–Trinajstić information content (AvgIpc) is 3.44. The molecule has 1 unspecified atom stereocenters. The summed E-state index contributed by atoms with van der Waals surface area (Å²) in [5.41, 5.74) is 8.86. The van der Waals surface area contributed by atoms with E-state index in [2.05, 4.69) is 11.2 Å². The van der Waals surface area contributed by atoms with Gasteiger partial charge in [-0.25, -0.2) is 4.99 Å². The van der Waals surface area contributed by atoms with Crippen molar-refractivity contribution < 1.29 is 4.79 Å². The zero-order chi connectivity index (χ0) is 22.9. The molecule has 8 heteroatoms. The fraction of sp³-hybridized carbons (Fsp3) is 0.250. The van der Waals surface area contributed by atoms with Crippen LogP contribution in [0.5, 0.6) is 0 Å². The topological polar surface area (TPSA) is 100 Å². The van der Waals surface area contributed by atoms with E-state index in [4.69, 9.17) is 10.7 Å². The zero-order valence-corrected chi connectivity index (χ0v) is 19.0. The highest BCUT2D eigenvalue weighted by Gasteiger charge is 2.46. The number of aryl methyl sites for hydroxylation is 1. The molecular weight excluding hydrogens is 420 g/mol. The number of allylic oxidation sites excluding steroid dienone is 1. The summed E-state index contributed by atoms with van der Waals surface area (Å²) in [6.07, 6.45) is 8.18. The average molecular weight is 445 g/mol. The number of hydrogen-bond donors (Lipinski definition) is 1. The third-order valence-electron chi connectivity index (χ3n) is 5.83. The predicted molar refractivity (Wildman–Crippen MR) is 127 cm³/mol. The van der Waals surface area contributed by atoms with Crippen LogP contribution in [0.1, 0.15) is 29.3 Å². The lowest BCUT2D eigenvalue weighted by molar-refractivity contribution is -0.133. The number of amides is 1. The van der Waals surface area contributed by atoms with Crippen LogP contribution in [0.3, 0.4) is 0 Å². The molecule has 7 nitrogen and oxygen atoms in total. The SMILES string of the molecule is CN1C(=O)C(C/C=C/c2cnn(C)c2)[C@@](C)(c2cc(-c3cccc(C#N)c3)cs2)N=C1N. The Hall–Kier alpha value is -3.70. The molecule has 1 aliphatic rings. The van der Waals surface area contributed by atoms with E-state index in [1.165, 1.54) is 4.90 Å². The molecule has 3 heterocycles. The van der Waals surface area contributed by atoms with Gasteiger partial charge in [0.2, 0.25) is 5.91 Å². The van der Waals surface area contributed by atoms with Gasteiger partial charge in [-0.1, -0.05) is 24.3 Å². The van der Waals surface area contributed by atoms with E-state index in [9.17, 15) is 10.1 Å². The molecule has 0 saturated heterocycles. The van der Waals surface area contributed by atoms with E-state index in [0.717, 1.165) is 21.6 Å². The molecule has 4 rings (SSSR count). The van der Waals surface area contributed by atoms with Gasteiger partial charge in [0.1, 0.15) is 5.54 Å². The standard InChI is InChI=1S/C24H24N6OS/c1-24(21-11-19(15-32-21)18-8-4-6-16(10-18)12-25)20(22(31)30(3)23(26)28-24)9-5-7-17-13-27-29(2)14-17/h4-8,10-11,13-15,20H,9H2,1-3H3,(H2,26,28)/b7-5+/t20?,24-/m0/s1. The summed E-state index contributed by atoms with van der Waals surface area (Å²) < 4.78 is 1.74. The number of nitriles is 1. The predicted octanol–water partition coefficient (Wildman–Crippen LogP) is 3.74. The summed E-state index contributed by atoms with van der Waals surface area (Å²) in [5, 5.41) is 15.4. The van der Waals surface area contributed by atoms with Gasteiger partial charge in [-0.15, -0.1) is 11.3 Å². The van der Waals surface area contributed by atoms with E-state index < -0.39 is 11.5 Å².